The van der Waals surface area contributed by atoms with Gasteiger partial charge in [-0.1, -0.05) is 25.3 Å². The molecule has 2 saturated heterocycles. The summed E-state index contributed by atoms with van der Waals surface area (Å²) in [7, 11) is 4.07. The van der Waals surface area contributed by atoms with Crippen LogP contribution < -0.4 is 16.0 Å². The van der Waals surface area contributed by atoms with Crippen LogP contribution in [0.3, 0.4) is 0 Å². The van der Waals surface area contributed by atoms with Crippen LogP contribution in [0.25, 0.3) is 0 Å². The standard InChI is InChI=1S/C38H53FN10O4/c1-4-48-33(13-17-40-48)44-37(52)34(27-8-6-5-7-9-27)36(51)42-30-11-10-26(24-29(30)39)25-31(38(53)47-22-20-46(3)21-23-47)43-35(50)32-12-16-41-49(32)28-14-18-45(2)19-15-28/h10-13,16-17,24,27-28,31,34H,4-9,14-15,18-23,25H2,1-3H3,(H,42,51)(H,43,50)(H,44,52)/t31-,34+/m1/s1. The summed E-state index contributed by atoms with van der Waals surface area (Å²) in [6.07, 6.45) is 9.31. The Morgan fingerprint density at radius 2 is 1.51 bits per heavy atom. The zero-order valence-corrected chi connectivity index (χ0v) is 31.1. The van der Waals surface area contributed by atoms with Crippen molar-refractivity contribution in [2.45, 2.75) is 76.9 Å². The van der Waals surface area contributed by atoms with E-state index >= 15 is 4.39 Å². The van der Waals surface area contributed by atoms with E-state index in [1.165, 1.54) is 12.1 Å². The molecule has 3 fully saturated rings. The van der Waals surface area contributed by atoms with E-state index in [1.807, 2.05) is 14.0 Å². The number of carbonyl (C=O) groups excluding carboxylic acids is 4. The quantitative estimate of drug-likeness (QED) is 0.240. The van der Waals surface area contributed by atoms with E-state index in [4.69, 9.17) is 0 Å². The van der Waals surface area contributed by atoms with Crippen molar-refractivity contribution in [3.63, 3.8) is 0 Å². The van der Waals surface area contributed by atoms with Gasteiger partial charge in [0.1, 0.15) is 29.3 Å². The number of halogens is 1. The number of rotatable bonds is 12. The first-order chi connectivity index (χ1) is 25.6. The van der Waals surface area contributed by atoms with Crippen LogP contribution >= 0.6 is 0 Å². The summed E-state index contributed by atoms with van der Waals surface area (Å²) in [6, 6.07) is 6.86. The molecule has 1 aromatic carbocycles. The van der Waals surface area contributed by atoms with Gasteiger partial charge in [0.15, 0.2) is 0 Å². The third kappa shape index (κ3) is 9.30. The van der Waals surface area contributed by atoms with Crippen molar-refractivity contribution < 1.29 is 23.6 Å². The van der Waals surface area contributed by atoms with Crippen molar-refractivity contribution in [1.29, 1.82) is 0 Å². The van der Waals surface area contributed by atoms with Gasteiger partial charge in [0.05, 0.1) is 17.9 Å². The van der Waals surface area contributed by atoms with Gasteiger partial charge in [0.25, 0.3) is 5.91 Å². The summed E-state index contributed by atoms with van der Waals surface area (Å²) in [4.78, 5) is 61.2. The number of amides is 4. The molecule has 0 unspecified atom stereocenters. The summed E-state index contributed by atoms with van der Waals surface area (Å²) in [5, 5.41) is 17.2. The normalized spacial score (nSPS) is 19.1. The number of hydrogen-bond donors (Lipinski definition) is 3. The zero-order chi connectivity index (χ0) is 37.5. The maximum Gasteiger partial charge on any atom is 0.270 e. The van der Waals surface area contributed by atoms with Crippen LogP contribution in [0.4, 0.5) is 15.9 Å². The number of benzene rings is 1. The van der Waals surface area contributed by atoms with E-state index in [2.05, 4.69) is 43.0 Å². The third-order valence-electron chi connectivity index (χ3n) is 11.0. The Morgan fingerprint density at radius 1 is 0.830 bits per heavy atom. The average Bonchev–Trinajstić information content (AvgIpc) is 3.83. The maximum atomic E-state index is 15.8. The molecule has 3 aliphatic rings. The summed E-state index contributed by atoms with van der Waals surface area (Å²) in [6.45, 7) is 6.72. The van der Waals surface area contributed by atoms with Crippen molar-refractivity contribution in [3.8, 4) is 0 Å². The largest absolute Gasteiger partial charge is 0.339 e. The Labute approximate surface area is 310 Å². The predicted octanol–water partition coefficient (Wildman–Crippen LogP) is 3.39. The molecular weight excluding hydrogens is 679 g/mol. The van der Waals surface area contributed by atoms with Gasteiger partial charge in [-0.25, -0.2) is 9.07 Å². The number of likely N-dealkylation sites (tertiary alicyclic amines) is 1. The van der Waals surface area contributed by atoms with Crippen molar-refractivity contribution in [2.24, 2.45) is 11.8 Å². The van der Waals surface area contributed by atoms with E-state index in [0.29, 0.717) is 49.8 Å². The number of aromatic nitrogens is 4. The van der Waals surface area contributed by atoms with E-state index in [0.717, 1.165) is 58.0 Å². The summed E-state index contributed by atoms with van der Waals surface area (Å²) in [5.41, 5.74) is 0.807. The Balaban J connectivity index is 1.18. The molecule has 0 radical (unpaired) electrons. The van der Waals surface area contributed by atoms with E-state index in [-0.39, 0.29) is 30.0 Å². The highest BCUT2D eigenvalue weighted by Gasteiger charge is 2.37. The lowest BCUT2D eigenvalue weighted by Gasteiger charge is -2.35. The maximum absolute atomic E-state index is 15.8. The predicted molar refractivity (Wildman–Crippen MR) is 199 cm³/mol. The van der Waals surface area contributed by atoms with Crippen LogP contribution in [0.1, 0.15) is 74.0 Å². The minimum absolute atomic E-state index is 0.0443. The summed E-state index contributed by atoms with van der Waals surface area (Å²) >= 11 is 0. The topological polar surface area (TPSA) is 150 Å². The number of nitrogens with zero attached hydrogens (tertiary/aromatic N) is 7. The van der Waals surface area contributed by atoms with Crippen LogP contribution in [0, 0.1) is 17.7 Å². The van der Waals surface area contributed by atoms with E-state index in [1.54, 1.807) is 44.9 Å². The Hall–Kier alpha value is -4.63. The monoisotopic (exact) mass is 732 g/mol. The molecule has 3 N–H and O–H groups in total. The highest BCUT2D eigenvalue weighted by atomic mass is 19.1. The first-order valence-corrected chi connectivity index (χ1v) is 19.0. The van der Waals surface area contributed by atoms with Crippen molar-refractivity contribution in [1.82, 2.24) is 39.6 Å². The average molecular weight is 733 g/mol. The number of aryl methyl sites for hydroxylation is 1. The number of anilines is 2. The van der Waals surface area contributed by atoms with Crippen LogP contribution in [0.15, 0.2) is 42.7 Å². The van der Waals surface area contributed by atoms with Gasteiger partial charge in [-0.3, -0.25) is 23.9 Å². The highest BCUT2D eigenvalue weighted by Crippen LogP contribution is 2.32. The van der Waals surface area contributed by atoms with Crippen molar-refractivity contribution in [3.05, 3.63) is 59.8 Å². The highest BCUT2D eigenvalue weighted by molar-refractivity contribution is 6.11. The molecule has 15 heteroatoms. The summed E-state index contributed by atoms with van der Waals surface area (Å²) in [5.74, 6) is -3.04. The number of piperidine rings is 1. The van der Waals surface area contributed by atoms with Gasteiger partial charge in [0, 0.05) is 51.4 Å². The molecule has 286 valence electrons. The third-order valence-corrected chi connectivity index (χ3v) is 11.0. The molecule has 2 aliphatic heterocycles. The fourth-order valence-corrected chi connectivity index (χ4v) is 7.85. The molecule has 2 aromatic heterocycles. The number of carbonyl (C=O) groups is 4. The molecule has 2 atom stereocenters. The molecule has 1 saturated carbocycles. The minimum atomic E-state index is -1.02. The van der Waals surface area contributed by atoms with Gasteiger partial charge in [-0.2, -0.15) is 10.2 Å². The number of hydrogen-bond acceptors (Lipinski definition) is 8. The lowest BCUT2D eigenvalue weighted by atomic mass is 9.79. The minimum Gasteiger partial charge on any atom is -0.339 e. The van der Waals surface area contributed by atoms with Crippen molar-refractivity contribution >= 4 is 35.1 Å². The molecule has 53 heavy (non-hydrogen) atoms. The fraction of sp³-hybridized carbons (Fsp3) is 0.579. The van der Waals surface area contributed by atoms with E-state index < -0.39 is 35.5 Å². The van der Waals surface area contributed by atoms with Crippen molar-refractivity contribution in [2.75, 3.05) is 64.0 Å². The molecule has 6 rings (SSSR count). The SMILES string of the molecule is CCn1nccc1NC(=O)[C@H](C(=O)Nc1ccc(C[C@@H](NC(=O)c2ccnn2C2CCN(C)CC2)C(=O)N2CCN(C)CC2)cc1F)C1CCCCC1. The zero-order valence-electron chi connectivity index (χ0n) is 31.1. The lowest BCUT2D eigenvalue weighted by molar-refractivity contribution is -0.135. The molecule has 3 aromatic rings. The van der Waals surface area contributed by atoms with Crippen LogP contribution in [-0.4, -0.2) is 117 Å². The first kappa shape index (κ1) is 38.1. The summed E-state index contributed by atoms with van der Waals surface area (Å²) < 4.78 is 19.2. The molecule has 1 aliphatic carbocycles. The van der Waals surface area contributed by atoms with Gasteiger partial charge in [-0.15, -0.1) is 0 Å². The fourth-order valence-electron chi connectivity index (χ4n) is 7.85. The second kappa shape index (κ2) is 17.5. The Bertz CT molecular complexity index is 1740. The first-order valence-electron chi connectivity index (χ1n) is 19.0. The molecule has 4 heterocycles. The smallest absolute Gasteiger partial charge is 0.270 e. The van der Waals surface area contributed by atoms with Gasteiger partial charge < -0.3 is 30.7 Å². The number of likely N-dealkylation sites (N-methyl/N-ethyl adjacent to an activating group) is 1. The van der Waals surface area contributed by atoms with Gasteiger partial charge in [0.2, 0.25) is 17.7 Å². The molecule has 0 spiro atoms. The Morgan fingerprint density at radius 3 is 2.21 bits per heavy atom. The van der Waals surface area contributed by atoms with Gasteiger partial charge >= 0.3 is 0 Å². The molecular formula is C38H53FN10O4. The van der Waals surface area contributed by atoms with Crippen LogP contribution in [0.2, 0.25) is 0 Å². The van der Waals surface area contributed by atoms with E-state index in [9.17, 15) is 19.2 Å². The number of piperazine rings is 1. The van der Waals surface area contributed by atoms with Crippen LogP contribution in [-0.2, 0) is 27.3 Å². The molecule has 0 bridgehead atoms. The molecule has 4 amide bonds. The lowest BCUT2D eigenvalue weighted by Crippen LogP contribution is -2.55. The van der Waals surface area contributed by atoms with Gasteiger partial charge in [-0.05, 0) is 89.5 Å². The second-order valence-corrected chi connectivity index (χ2v) is 14.8. The molecule has 14 nitrogen and oxygen atoms in total. The number of nitrogens with one attached hydrogen (secondary N) is 3. The second-order valence-electron chi connectivity index (χ2n) is 14.8. The Kier molecular flexibility index (Phi) is 12.6. The van der Waals surface area contributed by atoms with Crippen LogP contribution in [0.5, 0.6) is 0 Å².